The highest BCUT2D eigenvalue weighted by molar-refractivity contribution is 7.80. The standard InChI is InChI=1S/C8H6O4S2/c1-11-8(10)5-3-14-4-6(5)12-7(9)2-13/h2-4H,1H3. The Hall–Kier alpha value is -1.27. The summed E-state index contributed by atoms with van der Waals surface area (Å²) in [6.45, 7) is 0. The first-order chi connectivity index (χ1) is 6.69. The molecule has 0 bridgehead atoms. The second-order valence-corrected chi connectivity index (χ2v) is 3.16. The average Bonchev–Trinajstić information content (AvgIpc) is 2.64. The van der Waals surface area contributed by atoms with Crippen LogP contribution in [0.1, 0.15) is 10.4 Å². The van der Waals surface area contributed by atoms with Crippen molar-refractivity contribution in [2.75, 3.05) is 7.11 Å². The molecule has 0 spiro atoms. The topological polar surface area (TPSA) is 52.6 Å². The molecule has 14 heavy (non-hydrogen) atoms. The fourth-order valence-corrected chi connectivity index (χ4v) is 1.52. The Balaban J connectivity index is 2.87. The fraction of sp³-hybridized carbons (Fsp3) is 0.125. The SMILES string of the molecule is COC(=O)c1cscc1OC(=O)C=S. The van der Waals surface area contributed by atoms with Crippen molar-refractivity contribution >= 4 is 40.9 Å². The molecule has 1 heterocycles. The number of thiocarbonyl (C=S) groups is 1. The number of rotatable bonds is 3. The van der Waals surface area contributed by atoms with Crippen molar-refractivity contribution in [3.63, 3.8) is 0 Å². The molecule has 0 aliphatic rings. The molecule has 0 radical (unpaired) electrons. The Morgan fingerprint density at radius 1 is 1.50 bits per heavy atom. The summed E-state index contributed by atoms with van der Waals surface area (Å²) in [6, 6.07) is 0. The summed E-state index contributed by atoms with van der Waals surface area (Å²) in [5, 5.41) is 3.93. The fourth-order valence-electron chi connectivity index (χ4n) is 0.756. The number of carbonyl (C=O) groups is 2. The van der Waals surface area contributed by atoms with E-state index in [0.717, 1.165) is 5.37 Å². The summed E-state index contributed by atoms with van der Waals surface area (Å²) in [5.41, 5.74) is 0.225. The summed E-state index contributed by atoms with van der Waals surface area (Å²) in [5.74, 6) is -1.05. The van der Waals surface area contributed by atoms with Gasteiger partial charge >= 0.3 is 11.9 Å². The molecule has 0 aliphatic heterocycles. The van der Waals surface area contributed by atoms with E-state index in [1.54, 1.807) is 0 Å². The minimum Gasteiger partial charge on any atom is -0.465 e. The number of hydrogen-bond donors (Lipinski definition) is 0. The third-order valence-corrected chi connectivity index (χ3v) is 2.25. The van der Waals surface area contributed by atoms with E-state index in [9.17, 15) is 9.59 Å². The van der Waals surface area contributed by atoms with Crippen LogP contribution in [-0.4, -0.2) is 24.4 Å². The van der Waals surface area contributed by atoms with Gasteiger partial charge in [-0.05, 0) is 0 Å². The quantitative estimate of drug-likeness (QED) is 0.581. The molecule has 0 N–H and O–H groups in total. The highest BCUT2D eigenvalue weighted by atomic mass is 32.1. The Morgan fingerprint density at radius 2 is 2.21 bits per heavy atom. The number of ether oxygens (including phenoxy) is 2. The molecule has 1 rings (SSSR count). The van der Waals surface area contributed by atoms with Gasteiger partial charge in [0.15, 0.2) is 5.75 Å². The van der Waals surface area contributed by atoms with Crippen LogP contribution in [0.2, 0.25) is 0 Å². The molecule has 1 aromatic rings. The third kappa shape index (κ3) is 2.36. The molecule has 0 aliphatic carbocycles. The Bertz CT molecular complexity index is 369. The van der Waals surface area contributed by atoms with E-state index in [1.165, 1.54) is 29.2 Å². The lowest BCUT2D eigenvalue weighted by atomic mass is 10.3. The zero-order chi connectivity index (χ0) is 10.6. The predicted octanol–water partition coefficient (Wildman–Crippen LogP) is 1.44. The van der Waals surface area contributed by atoms with Gasteiger partial charge in [-0.3, -0.25) is 0 Å². The minimum atomic E-state index is -0.677. The van der Waals surface area contributed by atoms with Gasteiger partial charge in [-0.25, -0.2) is 9.59 Å². The van der Waals surface area contributed by atoms with Gasteiger partial charge in [0, 0.05) is 10.8 Å². The largest absolute Gasteiger partial charge is 0.465 e. The van der Waals surface area contributed by atoms with Gasteiger partial charge in [-0.1, -0.05) is 12.2 Å². The highest BCUT2D eigenvalue weighted by Gasteiger charge is 2.15. The van der Waals surface area contributed by atoms with Crippen molar-refractivity contribution in [1.82, 2.24) is 0 Å². The smallest absolute Gasteiger partial charge is 0.347 e. The van der Waals surface area contributed by atoms with Gasteiger partial charge < -0.3 is 9.47 Å². The number of methoxy groups -OCH3 is 1. The van der Waals surface area contributed by atoms with Crippen LogP contribution < -0.4 is 4.74 Å². The second kappa shape index (κ2) is 4.83. The Kier molecular flexibility index (Phi) is 3.73. The van der Waals surface area contributed by atoms with Gasteiger partial charge in [0.05, 0.1) is 12.5 Å². The molecule has 0 saturated carbocycles. The maximum Gasteiger partial charge on any atom is 0.347 e. The Morgan fingerprint density at radius 3 is 2.79 bits per heavy atom. The van der Waals surface area contributed by atoms with Crippen molar-refractivity contribution < 1.29 is 19.1 Å². The first kappa shape index (κ1) is 10.8. The number of esters is 2. The number of carbonyl (C=O) groups excluding carboxylic acids is 2. The van der Waals surface area contributed by atoms with Gasteiger partial charge in [-0.15, -0.1) is 11.3 Å². The molecule has 0 amide bonds. The molecule has 1 aromatic heterocycles. The average molecular weight is 230 g/mol. The van der Waals surface area contributed by atoms with Crippen molar-refractivity contribution in [2.45, 2.75) is 0 Å². The van der Waals surface area contributed by atoms with E-state index >= 15 is 0 Å². The maximum absolute atomic E-state index is 11.1. The molecule has 0 fully saturated rings. The Labute approximate surface area is 89.4 Å². The van der Waals surface area contributed by atoms with E-state index in [4.69, 9.17) is 4.74 Å². The highest BCUT2D eigenvalue weighted by Crippen LogP contribution is 2.24. The summed E-state index contributed by atoms with van der Waals surface area (Å²) < 4.78 is 9.26. The molecule has 0 atom stereocenters. The zero-order valence-corrected chi connectivity index (χ0v) is 8.81. The normalized spacial score (nSPS) is 9.21. The molecule has 0 unspecified atom stereocenters. The molecule has 74 valence electrons. The van der Waals surface area contributed by atoms with E-state index in [1.807, 2.05) is 0 Å². The summed E-state index contributed by atoms with van der Waals surface area (Å²) in [6.07, 6.45) is 0. The van der Waals surface area contributed by atoms with Gasteiger partial charge in [0.25, 0.3) is 0 Å². The number of hydrogen-bond acceptors (Lipinski definition) is 6. The summed E-state index contributed by atoms with van der Waals surface area (Å²) >= 11 is 5.61. The predicted molar refractivity (Wildman–Crippen MR) is 54.9 cm³/mol. The third-order valence-electron chi connectivity index (χ3n) is 1.34. The molecule has 6 heteroatoms. The summed E-state index contributed by atoms with van der Waals surface area (Å²) in [7, 11) is 1.25. The number of thiophene rings is 1. The lowest BCUT2D eigenvalue weighted by Crippen LogP contribution is -2.10. The van der Waals surface area contributed by atoms with Crippen LogP contribution in [0.25, 0.3) is 0 Å². The zero-order valence-electron chi connectivity index (χ0n) is 7.18. The van der Waals surface area contributed by atoms with Crippen LogP contribution in [0, 0.1) is 0 Å². The lowest BCUT2D eigenvalue weighted by Gasteiger charge is -2.00. The van der Waals surface area contributed by atoms with Gasteiger partial charge in [-0.2, -0.15) is 0 Å². The first-order valence-electron chi connectivity index (χ1n) is 3.50. The van der Waals surface area contributed by atoms with Crippen molar-refractivity contribution in [1.29, 1.82) is 0 Å². The molecule has 4 nitrogen and oxygen atoms in total. The molecule has 0 saturated heterocycles. The first-order valence-corrected chi connectivity index (χ1v) is 4.92. The van der Waals surface area contributed by atoms with Crippen LogP contribution in [-0.2, 0) is 9.53 Å². The summed E-state index contributed by atoms with van der Waals surface area (Å²) in [4.78, 5) is 21.9. The monoisotopic (exact) mass is 230 g/mol. The minimum absolute atomic E-state index is 0.174. The van der Waals surface area contributed by atoms with Crippen LogP contribution in [0.5, 0.6) is 5.75 Å². The molecular weight excluding hydrogens is 224 g/mol. The second-order valence-electron chi connectivity index (χ2n) is 2.18. The van der Waals surface area contributed by atoms with Crippen molar-refractivity contribution in [3.8, 4) is 5.75 Å². The molecular formula is C8H6O4S2. The van der Waals surface area contributed by atoms with E-state index in [0.29, 0.717) is 0 Å². The molecule has 0 aromatic carbocycles. The van der Waals surface area contributed by atoms with Crippen LogP contribution in [0.15, 0.2) is 10.8 Å². The van der Waals surface area contributed by atoms with Crippen LogP contribution in [0.4, 0.5) is 0 Å². The van der Waals surface area contributed by atoms with E-state index < -0.39 is 11.9 Å². The van der Waals surface area contributed by atoms with Gasteiger partial charge in [0.2, 0.25) is 0 Å². The van der Waals surface area contributed by atoms with Crippen LogP contribution >= 0.6 is 23.6 Å². The van der Waals surface area contributed by atoms with Crippen molar-refractivity contribution in [3.05, 3.63) is 16.3 Å². The van der Waals surface area contributed by atoms with E-state index in [-0.39, 0.29) is 11.3 Å². The maximum atomic E-state index is 11.1. The van der Waals surface area contributed by atoms with Gasteiger partial charge in [0.1, 0.15) is 5.56 Å². The lowest BCUT2D eigenvalue weighted by molar-refractivity contribution is -0.126. The van der Waals surface area contributed by atoms with Crippen LogP contribution in [0.3, 0.4) is 0 Å². The van der Waals surface area contributed by atoms with Crippen molar-refractivity contribution in [2.24, 2.45) is 0 Å². The van der Waals surface area contributed by atoms with E-state index in [2.05, 4.69) is 17.0 Å².